The Morgan fingerprint density at radius 2 is 1.94 bits per heavy atom. The van der Waals surface area contributed by atoms with Crippen molar-refractivity contribution in [2.75, 3.05) is 13.1 Å². The number of nitrogens with zero attached hydrogens (tertiary/aromatic N) is 2. The summed E-state index contributed by atoms with van der Waals surface area (Å²) in [5.74, 6) is -0.604. The number of rotatable bonds is 5. The van der Waals surface area contributed by atoms with E-state index in [1.54, 1.807) is 40.5 Å². The van der Waals surface area contributed by atoms with E-state index < -0.39 is 0 Å². The normalized spacial score (nSPS) is 15.5. The predicted octanol–water partition coefficient (Wildman–Crippen LogP) is 5.67. The van der Waals surface area contributed by atoms with Crippen molar-refractivity contribution in [2.45, 2.75) is 32.4 Å². The van der Waals surface area contributed by atoms with Gasteiger partial charge in [-0.1, -0.05) is 34.1 Å². The molecule has 0 spiro atoms. The Morgan fingerprint density at radius 3 is 2.62 bits per heavy atom. The third-order valence-corrected chi connectivity index (χ3v) is 7.22. The maximum absolute atomic E-state index is 13.6. The summed E-state index contributed by atoms with van der Waals surface area (Å²) in [6.07, 6.45) is 0.775. The number of amides is 2. The Kier molecular flexibility index (Phi) is 6.76. The van der Waals surface area contributed by atoms with Crippen molar-refractivity contribution < 1.29 is 14.0 Å². The topological polar surface area (TPSA) is 40.6 Å². The van der Waals surface area contributed by atoms with E-state index in [-0.39, 0.29) is 36.3 Å². The minimum Gasteiger partial charge on any atom is -0.330 e. The van der Waals surface area contributed by atoms with Crippen LogP contribution in [0.15, 0.2) is 64.5 Å². The van der Waals surface area contributed by atoms with Gasteiger partial charge in [0, 0.05) is 27.5 Å². The molecule has 0 saturated carbocycles. The summed E-state index contributed by atoms with van der Waals surface area (Å²) in [5.41, 5.74) is 2.49. The molecule has 0 fully saturated rings. The number of hydrogen-bond acceptors (Lipinski definition) is 3. The molecule has 0 bridgehead atoms. The van der Waals surface area contributed by atoms with Gasteiger partial charge in [-0.3, -0.25) is 9.59 Å². The molecule has 1 aliphatic rings. The number of carbonyl (C=O) groups excluding carboxylic acids is 2. The molecule has 3 aromatic rings. The molecule has 2 heterocycles. The van der Waals surface area contributed by atoms with E-state index in [0.717, 1.165) is 22.0 Å². The van der Waals surface area contributed by atoms with Crippen LogP contribution >= 0.6 is 27.3 Å². The lowest BCUT2D eigenvalue weighted by atomic mass is 9.93. The van der Waals surface area contributed by atoms with E-state index >= 15 is 0 Å². The standard InChI is InChI=1S/C25H24BrFN2O2S/c1-16(2)29(25(31)18-4-3-5-19(26)14-18)15-23(30)28-12-10-22-21(11-13-32-22)24(28)17-6-8-20(27)9-7-17/h3-9,11,13-14,16,24H,10,12,15H2,1-2H3. The zero-order valence-corrected chi connectivity index (χ0v) is 20.3. The highest BCUT2D eigenvalue weighted by molar-refractivity contribution is 9.10. The monoisotopic (exact) mass is 514 g/mol. The maximum Gasteiger partial charge on any atom is 0.254 e. The highest BCUT2D eigenvalue weighted by Gasteiger charge is 2.34. The largest absolute Gasteiger partial charge is 0.330 e. The van der Waals surface area contributed by atoms with E-state index in [1.807, 2.05) is 42.3 Å². The van der Waals surface area contributed by atoms with Crippen LogP contribution in [0.3, 0.4) is 0 Å². The molecule has 32 heavy (non-hydrogen) atoms. The number of fused-ring (bicyclic) bond motifs is 1. The molecule has 0 radical (unpaired) electrons. The summed E-state index contributed by atoms with van der Waals surface area (Å²) in [5, 5.41) is 2.03. The highest BCUT2D eigenvalue weighted by atomic mass is 79.9. The van der Waals surface area contributed by atoms with Gasteiger partial charge in [-0.05, 0) is 73.2 Å². The molecule has 1 aliphatic heterocycles. The fourth-order valence-electron chi connectivity index (χ4n) is 4.10. The average molecular weight is 515 g/mol. The smallest absolute Gasteiger partial charge is 0.254 e. The molecule has 0 N–H and O–H groups in total. The lowest BCUT2D eigenvalue weighted by molar-refractivity contribution is -0.134. The van der Waals surface area contributed by atoms with Crippen molar-refractivity contribution in [3.63, 3.8) is 0 Å². The molecule has 166 valence electrons. The molecule has 2 amide bonds. The van der Waals surface area contributed by atoms with Crippen LogP contribution in [-0.2, 0) is 11.2 Å². The third-order valence-electron chi connectivity index (χ3n) is 5.73. The molecular formula is C25H24BrFN2O2S. The molecule has 1 unspecified atom stereocenters. The Bertz CT molecular complexity index is 1130. The van der Waals surface area contributed by atoms with Crippen LogP contribution in [0.5, 0.6) is 0 Å². The van der Waals surface area contributed by atoms with Crippen LogP contribution in [0.4, 0.5) is 4.39 Å². The van der Waals surface area contributed by atoms with Crippen molar-refractivity contribution in [2.24, 2.45) is 0 Å². The van der Waals surface area contributed by atoms with Crippen molar-refractivity contribution in [1.29, 1.82) is 0 Å². The number of hydrogen-bond donors (Lipinski definition) is 0. The van der Waals surface area contributed by atoms with E-state index in [4.69, 9.17) is 0 Å². The molecule has 4 nitrogen and oxygen atoms in total. The van der Waals surface area contributed by atoms with Crippen LogP contribution in [0.2, 0.25) is 0 Å². The number of thiophene rings is 1. The van der Waals surface area contributed by atoms with Gasteiger partial charge in [0.05, 0.1) is 6.04 Å². The third kappa shape index (κ3) is 4.64. The fraction of sp³-hybridized carbons (Fsp3) is 0.280. The number of halogens is 2. The molecule has 0 aliphatic carbocycles. The van der Waals surface area contributed by atoms with Gasteiger partial charge in [0.1, 0.15) is 12.4 Å². The van der Waals surface area contributed by atoms with Crippen LogP contribution in [0, 0.1) is 5.82 Å². The minimum atomic E-state index is -0.307. The Morgan fingerprint density at radius 1 is 1.19 bits per heavy atom. The second-order valence-corrected chi connectivity index (χ2v) is 10.0. The van der Waals surface area contributed by atoms with Gasteiger partial charge in [0.15, 0.2) is 0 Å². The van der Waals surface area contributed by atoms with Gasteiger partial charge >= 0.3 is 0 Å². The molecule has 1 aromatic heterocycles. The summed E-state index contributed by atoms with van der Waals surface area (Å²) in [4.78, 5) is 31.4. The molecular weight excluding hydrogens is 491 g/mol. The number of benzene rings is 2. The van der Waals surface area contributed by atoms with Crippen molar-refractivity contribution in [3.05, 3.63) is 91.8 Å². The molecule has 7 heteroatoms. The molecule has 2 aromatic carbocycles. The zero-order valence-electron chi connectivity index (χ0n) is 17.9. The SMILES string of the molecule is CC(C)N(CC(=O)N1CCc2sccc2C1c1ccc(F)cc1)C(=O)c1cccc(Br)c1. The highest BCUT2D eigenvalue weighted by Crippen LogP contribution is 2.38. The van der Waals surface area contributed by atoms with Gasteiger partial charge in [-0.15, -0.1) is 11.3 Å². The summed E-state index contributed by atoms with van der Waals surface area (Å²) in [6.45, 7) is 4.37. The second kappa shape index (κ2) is 9.55. The van der Waals surface area contributed by atoms with Gasteiger partial charge in [-0.2, -0.15) is 0 Å². The first kappa shape index (κ1) is 22.7. The second-order valence-electron chi connectivity index (χ2n) is 8.13. The zero-order chi connectivity index (χ0) is 22.8. The Balaban J connectivity index is 1.62. The van der Waals surface area contributed by atoms with E-state index in [9.17, 15) is 14.0 Å². The fourth-order valence-corrected chi connectivity index (χ4v) is 5.41. The van der Waals surface area contributed by atoms with E-state index in [0.29, 0.717) is 12.1 Å². The Labute approximate surface area is 199 Å². The number of carbonyl (C=O) groups is 2. The van der Waals surface area contributed by atoms with E-state index in [2.05, 4.69) is 15.9 Å². The summed E-state index contributed by atoms with van der Waals surface area (Å²) in [6, 6.07) is 15.1. The van der Waals surface area contributed by atoms with E-state index in [1.165, 1.54) is 17.0 Å². The van der Waals surface area contributed by atoms with Crippen LogP contribution < -0.4 is 0 Å². The van der Waals surface area contributed by atoms with Gasteiger partial charge in [0.2, 0.25) is 5.91 Å². The first-order chi connectivity index (χ1) is 15.3. The molecule has 4 rings (SSSR count). The van der Waals surface area contributed by atoms with Gasteiger partial charge in [-0.25, -0.2) is 4.39 Å². The average Bonchev–Trinajstić information content (AvgIpc) is 3.25. The summed E-state index contributed by atoms with van der Waals surface area (Å²) in [7, 11) is 0. The van der Waals surface area contributed by atoms with Crippen molar-refractivity contribution in [3.8, 4) is 0 Å². The lowest BCUT2D eigenvalue weighted by Gasteiger charge is -2.38. The van der Waals surface area contributed by atoms with Crippen molar-refractivity contribution in [1.82, 2.24) is 9.80 Å². The summed E-state index contributed by atoms with van der Waals surface area (Å²) < 4.78 is 14.4. The van der Waals surface area contributed by atoms with Crippen LogP contribution in [0.1, 0.15) is 46.3 Å². The Hall–Kier alpha value is -2.51. The van der Waals surface area contributed by atoms with Crippen molar-refractivity contribution >= 4 is 39.1 Å². The maximum atomic E-state index is 13.6. The van der Waals surface area contributed by atoms with Gasteiger partial charge < -0.3 is 9.80 Å². The minimum absolute atomic E-state index is 0.0137. The molecule has 0 saturated heterocycles. The first-order valence-electron chi connectivity index (χ1n) is 10.5. The van der Waals surface area contributed by atoms with Crippen LogP contribution in [-0.4, -0.2) is 40.7 Å². The predicted molar refractivity (Wildman–Crippen MR) is 128 cm³/mol. The molecule has 1 atom stereocenters. The van der Waals surface area contributed by atoms with Gasteiger partial charge in [0.25, 0.3) is 5.91 Å². The first-order valence-corrected chi connectivity index (χ1v) is 12.2. The quantitative estimate of drug-likeness (QED) is 0.439. The van der Waals surface area contributed by atoms with Crippen LogP contribution in [0.25, 0.3) is 0 Å². The summed E-state index contributed by atoms with van der Waals surface area (Å²) >= 11 is 5.09. The lowest BCUT2D eigenvalue weighted by Crippen LogP contribution is -2.48.